The van der Waals surface area contributed by atoms with Crippen LogP contribution in [0.1, 0.15) is 25.7 Å². The fourth-order valence-corrected chi connectivity index (χ4v) is 2.37. The van der Waals surface area contributed by atoms with Crippen molar-refractivity contribution in [2.45, 2.75) is 25.7 Å². The fourth-order valence-electron chi connectivity index (χ4n) is 2.37. The molecule has 0 N–H and O–H groups in total. The van der Waals surface area contributed by atoms with Crippen LogP contribution >= 0.6 is 0 Å². The average molecular weight is 184 g/mol. The van der Waals surface area contributed by atoms with E-state index < -0.39 is 0 Å². The molecule has 2 fully saturated rings. The van der Waals surface area contributed by atoms with E-state index >= 15 is 0 Å². The molecule has 1 heterocycles. The maximum Gasteiger partial charge on any atom is 0.312 e. The molecule has 1 aliphatic carbocycles. The summed E-state index contributed by atoms with van der Waals surface area (Å²) in [5, 5.41) is 0. The van der Waals surface area contributed by atoms with Crippen LogP contribution in [0.25, 0.3) is 0 Å². The van der Waals surface area contributed by atoms with Gasteiger partial charge in [0, 0.05) is 13.2 Å². The topological polar surface area (TPSA) is 35.5 Å². The number of methoxy groups -OCH3 is 1. The van der Waals surface area contributed by atoms with Crippen LogP contribution in [0.3, 0.4) is 0 Å². The zero-order valence-electron chi connectivity index (χ0n) is 8.04. The Morgan fingerprint density at radius 2 is 2.00 bits per heavy atom. The second-order valence-corrected chi connectivity index (χ2v) is 4.03. The quantitative estimate of drug-likeness (QED) is 0.608. The minimum atomic E-state index is -0.113. The molecule has 0 unspecified atom stereocenters. The van der Waals surface area contributed by atoms with Gasteiger partial charge in [-0.2, -0.15) is 0 Å². The molecular weight excluding hydrogens is 168 g/mol. The fraction of sp³-hybridized carbons (Fsp3) is 0.900. The molecule has 0 radical (unpaired) electrons. The van der Waals surface area contributed by atoms with Gasteiger partial charge in [0.15, 0.2) is 0 Å². The van der Waals surface area contributed by atoms with Gasteiger partial charge in [0.2, 0.25) is 0 Å². The number of esters is 1. The highest BCUT2D eigenvalue weighted by Gasteiger charge is 2.56. The van der Waals surface area contributed by atoms with E-state index in [1.807, 2.05) is 0 Å². The van der Waals surface area contributed by atoms with Crippen molar-refractivity contribution in [1.82, 2.24) is 0 Å². The molecule has 0 bridgehead atoms. The molecule has 0 aromatic heterocycles. The highest BCUT2D eigenvalue weighted by Crippen LogP contribution is 2.55. The molecule has 13 heavy (non-hydrogen) atoms. The summed E-state index contributed by atoms with van der Waals surface area (Å²) < 4.78 is 10.1. The molecule has 2 aliphatic rings. The first-order valence-corrected chi connectivity index (χ1v) is 4.96. The first-order valence-electron chi connectivity index (χ1n) is 4.96. The smallest absolute Gasteiger partial charge is 0.312 e. The first kappa shape index (κ1) is 9.00. The van der Waals surface area contributed by atoms with Crippen LogP contribution < -0.4 is 0 Å². The standard InChI is InChI=1S/C10H16O3/c1-12-9(11)10(4-5-10)8-2-6-13-7-3-8/h8H,2-7H2,1H3. The lowest BCUT2D eigenvalue weighted by Gasteiger charge is -2.28. The molecule has 0 amide bonds. The van der Waals surface area contributed by atoms with Gasteiger partial charge in [-0.05, 0) is 31.6 Å². The van der Waals surface area contributed by atoms with Gasteiger partial charge >= 0.3 is 5.97 Å². The summed E-state index contributed by atoms with van der Waals surface area (Å²) >= 11 is 0. The Bertz CT molecular complexity index is 202. The van der Waals surface area contributed by atoms with Crippen molar-refractivity contribution in [3.63, 3.8) is 0 Å². The van der Waals surface area contributed by atoms with Gasteiger partial charge in [-0.25, -0.2) is 0 Å². The van der Waals surface area contributed by atoms with Crippen molar-refractivity contribution in [1.29, 1.82) is 0 Å². The van der Waals surface area contributed by atoms with E-state index in [2.05, 4.69) is 0 Å². The van der Waals surface area contributed by atoms with Crippen molar-refractivity contribution in [2.24, 2.45) is 11.3 Å². The van der Waals surface area contributed by atoms with Gasteiger partial charge in [0.05, 0.1) is 12.5 Å². The molecule has 3 heteroatoms. The van der Waals surface area contributed by atoms with Crippen molar-refractivity contribution in [3.8, 4) is 0 Å². The van der Waals surface area contributed by atoms with E-state index in [-0.39, 0.29) is 11.4 Å². The van der Waals surface area contributed by atoms with Crippen LogP contribution in [0, 0.1) is 11.3 Å². The van der Waals surface area contributed by atoms with Crippen LogP contribution in [-0.2, 0) is 14.3 Å². The lowest BCUT2D eigenvalue weighted by molar-refractivity contribution is -0.151. The monoisotopic (exact) mass is 184 g/mol. The van der Waals surface area contributed by atoms with E-state index in [0.717, 1.165) is 38.9 Å². The summed E-state index contributed by atoms with van der Waals surface area (Å²) in [6.45, 7) is 1.62. The largest absolute Gasteiger partial charge is 0.469 e. The van der Waals surface area contributed by atoms with Gasteiger partial charge in [-0.3, -0.25) is 4.79 Å². The zero-order valence-corrected chi connectivity index (χ0v) is 8.04. The third-order valence-corrected chi connectivity index (χ3v) is 3.38. The number of hydrogen-bond donors (Lipinski definition) is 0. The Kier molecular flexibility index (Phi) is 2.28. The molecule has 1 saturated heterocycles. The number of carbonyl (C=O) groups excluding carboxylic acids is 1. The molecule has 1 aliphatic heterocycles. The first-order chi connectivity index (χ1) is 6.29. The second-order valence-electron chi connectivity index (χ2n) is 4.03. The minimum Gasteiger partial charge on any atom is -0.469 e. The molecule has 3 nitrogen and oxygen atoms in total. The lowest BCUT2D eigenvalue weighted by Crippen LogP contribution is -2.31. The van der Waals surface area contributed by atoms with E-state index in [1.54, 1.807) is 0 Å². The Hall–Kier alpha value is -0.570. The maximum atomic E-state index is 11.5. The third-order valence-electron chi connectivity index (χ3n) is 3.38. The van der Waals surface area contributed by atoms with Gasteiger partial charge in [0.1, 0.15) is 0 Å². The van der Waals surface area contributed by atoms with E-state index in [1.165, 1.54) is 7.11 Å². The summed E-state index contributed by atoms with van der Waals surface area (Å²) in [7, 11) is 1.49. The van der Waals surface area contributed by atoms with Crippen molar-refractivity contribution in [2.75, 3.05) is 20.3 Å². The number of hydrogen-bond acceptors (Lipinski definition) is 3. The van der Waals surface area contributed by atoms with Crippen LogP contribution in [0.15, 0.2) is 0 Å². The average Bonchev–Trinajstić information content (AvgIpc) is 2.99. The third kappa shape index (κ3) is 1.46. The second kappa shape index (κ2) is 3.29. The number of rotatable bonds is 2. The molecule has 1 saturated carbocycles. The molecule has 0 aromatic carbocycles. The Morgan fingerprint density at radius 1 is 1.38 bits per heavy atom. The predicted octanol–water partition coefficient (Wildman–Crippen LogP) is 1.37. The lowest BCUT2D eigenvalue weighted by atomic mass is 9.83. The Balaban J connectivity index is 2.01. The summed E-state index contributed by atoms with van der Waals surface area (Å²) in [6.07, 6.45) is 4.08. The Labute approximate surface area is 78.4 Å². The SMILES string of the molecule is COC(=O)C1(C2CCOCC2)CC1. The number of ether oxygens (including phenoxy) is 2. The molecular formula is C10H16O3. The molecule has 0 aromatic rings. The molecule has 0 spiro atoms. The van der Waals surface area contributed by atoms with E-state index in [0.29, 0.717) is 5.92 Å². The van der Waals surface area contributed by atoms with Gasteiger partial charge < -0.3 is 9.47 Å². The molecule has 74 valence electrons. The maximum absolute atomic E-state index is 11.5. The zero-order chi connectivity index (χ0) is 9.31. The van der Waals surface area contributed by atoms with Crippen molar-refractivity contribution >= 4 is 5.97 Å². The van der Waals surface area contributed by atoms with Crippen LogP contribution in [-0.4, -0.2) is 26.3 Å². The molecule has 2 rings (SSSR count). The van der Waals surface area contributed by atoms with Crippen LogP contribution in [0.4, 0.5) is 0 Å². The summed E-state index contributed by atoms with van der Waals surface area (Å²) in [5.41, 5.74) is -0.113. The van der Waals surface area contributed by atoms with Gasteiger partial charge in [-0.15, -0.1) is 0 Å². The number of carbonyl (C=O) groups is 1. The summed E-state index contributed by atoms with van der Waals surface area (Å²) in [5.74, 6) is 0.508. The van der Waals surface area contributed by atoms with Crippen LogP contribution in [0.2, 0.25) is 0 Å². The van der Waals surface area contributed by atoms with Crippen molar-refractivity contribution in [3.05, 3.63) is 0 Å². The van der Waals surface area contributed by atoms with Gasteiger partial charge in [0.25, 0.3) is 0 Å². The Morgan fingerprint density at radius 3 is 2.46 bits per heavy atom. The van der Waals surface area contributed by atoms with E-state index in [9.17, 15) is 4.79 Å². The molecule has 0 atom stereocenters. The normalized spacial score (nSPS) is 26.8. The minimum absolute atomic E-state index is 0.000556. The van der Waals surface area contributed by atoms with Gasteiger partial charge in [-0.1, -0.05) is 0 Å². The highest BCUT2D eigenvalue weighted by atomic mass is 16.5. The van der Waals surface area contributed by atoms with E-state index in [4.69, 9.17) is 9.47 Å². The highest BCUT2D eigenvalue weighted by molar-refractivity contribution is 5.80. The van der Waals surface area contributed by atoms with Crippen molar-refractivity contribution < 1.29 is 14.3 Å². The summed E-state index contributed by atoms with van der Waals surface area (Å²) in [4.78, 5) is 11.5. The summed E-state index contributed by atoms with van der Waals surface area (Å²) in [6, 6.07) is 0. The predicted molar refractivity (Wildman–Crippen MR) is 47.2 cm³/mol. The van der Waals surface area contributed by atoms with Crippen LogP contribution in [0.5, 0.6) is 0 Å².